The molecule has 1 rings (SSSR count). The molecule has 0 amide bonds. The maximum atomic E-state index is 11.4. The van der Waals surface area contributed by atoms with Crippen LogP contribution >= 0.6 is 12.2 Å². The first-order valence-corrected chi connectivity index (χ1v) is 4.46. The van der Waals surface area contributed by atoms with Gasteiger partial charge in [0, 0.05) is 19.8 Å². The number of nitrogens with zero attached hydrogens (tertiary/aromatic N) is 2. The molecule has 76 valence electrons. The second-order valence-corrected chi connectivity index (χ2v) is 3.45. The predicted octanol–water partition coefficient (Wildman–Crippen LogP) is 0.636. The zero-order valence-corrected chi connectivity index (χ0v) is 9.10. The Morgan fingerprint density at radius 3 is 2.57 bits per heavy atom. The van der Waals surface area contributed by atoms with Gasteiger partial charge in [-0.1, -0.05) is 0 Å². The van der Waals surface area contributed by atoms with Crippen molar-refractivity contribution in [1.29, 1.82) is 0 Å². The number of hydrazone groups is 1. The number of hydrogen-bond acceptors (Lipinski definition) is 4. The molecule has 5 nitrogen and oxygen atoms in total. The molecule has 0 radical (unpaired) electrons. The van der Waals surface area contributed by atoms with E-state index in [1.165, 1.54) is 6.21 Å². The summed E-state index contributed by atoms with van der Waals surface area (Å²) >= 11 is 4.82. The maximum absolute atomic E-state index is 11.4. The van der Waals surface area contributed by atoms with Gasteiger partial charge in [-0.3, -0.25) is 9.78 Å². The van der Waals surface area contributed by atoms with E-state index in [1.54, 1.807) is 26.0 Å². The Kier molecular flexibility index (Phi) is 3.19. The Labute approximate surface area is 86.5 Å². The summed E-state index contributed by atoms with van der Waals surface area (Å²) in [6.45, 7) is 1.78. The van der Waals surface area contributed by atoms with Crippen LogP contribution in [0.5, 0.6) is 0 Å². The minimum atomic E-state index is -0.225. The van der Waals surface area contributed by atoms with E-state index < -0.39 is 0 Å². The van der Waals surface area contributed by atoms with Gasteiger partial charge in [-0.15, -0.1) is 0 Å². The van der Waals surface area contributed by atoms with Crippen LogP contribution in [0.4, 0.5) is 0 Å². The number of aryl methyl sites for hydroxylation is 1. The maximum Gasteiger partial charge on any atom is 0.260 e. The molecule has 0 saturated heterocycles. The highest BCUT2D eigenvalue weighted by Gasteiger charge is 2.00. The number of aromatic amines is 2. The fraction of sp³-hybridized carbons (Fsp3) is 0.375. The number of nitrogens with one attached hydrogen (secondary N) is 2. The van der Waals surface area contributed by atoms with Gasteiger partial charge < -0.3 is 9.99 Å². The number of hydrogen-bond donors (Lipinski definition) is 2. The summed E-state index contributed by atoms with van der Waals surface area (Å²) in [7, 11) is 3.57. The van der Waals surface area contributed by atoms with Crippen molar-refractivity contribution < 1.29 is 0 Å². The third-order valence-electron chi connectivity index (χ3n) is 1.59. The fourth-order valence-corrected chi connectivity index (χ4v) is 1.18. The second-order valence-electron chi connectivity index (χ2n) is 3.04. The van der Waals surface area contributed by atoms with Crippen LogP contribution in [0.3, 0.4) is 0 Å². The monoisotopic (exact) mass is 212 g/mol. The topological polar surface area (TPSA) is 64.2 Å². The number of aromatic nitrogens is 2. The van der Waals surface area contributed by atoms with Gasteiger partial charge in [0.25, 0.3) is 5.56 Å². The molecular formula is C8H12N4OS. The fourth-order valence-electron chi connectivity index (χ4n) is 0.938. The molecule has 1 aromatic heterocycles. The summed E-state index contributed by atoms with van der Waals surface area (Å²) in [5.41, 5.74) is 0.980. The molecule has 6 heteroatoms. The zero-order valence-electron chi connectivity index (χ0n) is 8.29. The van der Waals surface area contributed by atoms with Gasteiger partial charge >= 0.3 is 0 Å². The highest BCUT2D eigenvalue weighted by molar-refractivity contribution is 7.71. The SMILES string of the molecule is Cc1[nH]c(=S)[nH]c(=O)c1/C=N/N(C)C. The molecule has 0 spiro atoms. The minimum absolute atomic E-state index is 0.225. The zero-order chi connectivity index (χ0) is 10.7. The highest BCUT2D eigenvalue weighted by atomic mass is 32.1. The van der Waals surface area contributed by atoms with E-state index in [2.05, 4.69) is 15.1 Å². The van der Waals surface area contributed by atoms with Gasteiger partial charge in [0.05, 0.1) is 11.8 Å². The van der Waals surface area contributed by atoms with E-state index in [9.17, 15) is 4.79 Å². The summed E-state index contributed by atoms with van der Waals surface area (Å²) in [5.74, 6) is 0. The van der Waals surface area contributed by atoms with Gasteiger partial charge in [0.2, 0.25) is 0 Å². The molecule has 0 aliphatic heterocycles. The highest BCUT2D eigenvalue weighted by Crippen LogP contribution is 1.93. The minimum Gasteiger partial charge on any atom is -0.335 e. The van der Waals surface area contributed by atoms with Crippen LogP contribution in [0.1, 0.15) is 11.3 Å². The standard InChI is InChI=1S/C8H12N4OS/c1-5-6(4-9-12(2)3)7(13)11-8(14)10-5/h4H,1-3H3,(H2,10,11,13,14)/b9-4+. The van der Waals surface area contributed by atoms with Gasteiger partial charge in [0.15, 0.2) is 4.77 Å². The number of rotatable bonds is 2. The molecule has 0 aliphatic rings. The summed E-state index contributed by atoms with van der Waals surface area (Å²) in [5, 5.41) is 5.59. The Balaban J connectivity index is 3.22. The lowest BCUT2D eigenvalue weighted by atomic mass is 10.2. The lowest BCUT2D eigenvalue weighted by Crippen LogP contribution is -2.17. The molecule has 1 aromatic rings. The van der Waals surface area contributed by atoms with Crippen molar-refractivity contribution >= 4 is 18.4 Å². The molecular weight excluding hydrogens is 200 g/mol. The third kappa shape index (κ3) is 2.53. The average molecular weight is 212 g/mol. The largest absolute Gasteiger partial charge is 0.335 e. The Morgan fingerprint density at radius 1 is 1.43 bits per heavy atom. The molecule has 0 unspecified atom stereocenters. The van der Waals surface area contributed by atoms with E-state index in [0.717, 1.165) is 0 Å². The first kappa shape index (κ1) is 10.6. The van der Waals surface area contributed by atoms with E-state index in [-0.39, 0.29) is 5.56 Å². The predicted molar refractivity (Wildman–Crippen MR) is 58.3 cm³/mol. The molecule has 0 aliphatic carbocycles. The van der Waals surface area contributed by atoms with Gasteiger partial charge in [-0.25, -0.2) is 0 Å². The summed E-state index contributed by atoms with van der Waals surface area (Å²) in [4.78, 5) is 16.8. The van der Waals surface area contributed by atoms with Crippen LogP contribution in [0.25, 0.3) is 0 Å². The molecule has 0 atom stereocenters. The van der Waals surface area contributed by atoms with E-state index in [4.69, 9.17) is 12.2 Å². The van der Waals surface area contributed by atoms with Crippen molar-refractivity contribution in [3.8, 4) is 0 Å². The van der Waals surface area contributed by atoms with Crippen molar-refractivity contribution in [3.05, 3.63) is 26.4 Å². The summed E-state index contributed by atoms with van der Waals surface area (Å²) in [6.07, 6.45) is 1.50. The first-order chi connectivity index (χ1) is 6.50. The average Bonchev–Trinajstić information content (AvgIpc) is 2.01. The smallest absolute Gasteiger partial charge is 0.260 e. The van der Waals surface area contributed by atoms with E-state index in [1.807, 2.05) is 0 Å². The van der Waals surface area contributed by atoms with Crippen molar-refractivity contribution in [3.63, 3.8) is 0 Å². The lowest BCUT2D eigenvalue weighted by molar-refractivity contribution is 0.440. The molecule has 0 saturated carbocycles. The van der Waals surface area contributed by atoms with Gasteiger partial charge in [-0.05, 0) is 19.1 Å². The van der Waals surface area contributed by atoms with Crippen molar-refractivity contribution in [2.75, 3.05) is 14.1 Å². The molecule has 0 bridgehead atoms. The first-order valence-electron chi connectivity index (χ1n) is 4.05. The van der Waals surface area contributed by atoms with Gasteiger partial charge in [-0.2, -0.15) is 5.10 Å². The van der Waals surface area contributed by atoms with E-state index in [0.29, 0.717) is 16.0 Å². The second kappa shape index (κ2) is 4.19. The van der Waals surface area contributed by atoms with Crippen molar-refractivity contribution in [1.82, 2.24) is 15.0 Å². The summed E-state index contributed by atoms with van der Waals surface area (Å²) in [6, 6.07) is 0. The van der Waals surface area contributed by atoms with Crippen LogP contribution in [0.2, 0.25) is 0 Å². The normalized spacial score (nSPS) is 10.8. The molecule has 14 heavy (non-hydrogen) atoms. The van der Waals surface area contributed by atoms with Crippen LogP contribution in [0, 0.1) is 11.7 Å². The van der Waals surface area contributed by atoms with Crippen LogP contribution in [0.15, 0.2) is 9.90 Å². The molecule has 1 heterocycles. The number of H-pyrrole nitrogens is 2. The van der Waals surface area contributed by atoms with Crippen molar-refractivity contribution in [2.24, 2.45) is 5.10 Å². The lowest BCUT2D eigenvalue weighted by Gasteiger charge is -2.03. The Bertz CT molecular complexity index is 457. The van der Waals surface area contributed by atoms with Crippen LogP contribution in [-0.4, -0.2) is 35.3 Å². The van der Waals surface area contributed by atoms with Crippen LogP contribution in [-0.2, 0) is 0 Å². The van der Waals surface area contributed by atoms with E-state index >= 15 is 0 Å². The van der Waals surface area contributed by atoms with Crippen LogP contribution < -0.4 is 5.56 Å². The third-order valence-corrected chi connectivity index (χ3v) is 1.80. The van der Waals surface area contributed by atoms with Crippen molar-refractivity contribution in [2.45, 2.75) is 6.92 Å². The quantitative estimate of drug-likeness (QED) is 0.429. The molecule has 0 fully saturated rings. The molecule has 0 aromatic carbocycles. The Hall–Kier alpha value is -1.43. The molecule has 2 N–H and O–H groups in total. The Morgan fingerprint density at radius 2 is 2.07 bits per heavy atom. The van der Waals surface area contributed by atoms with Gasteiger partial charge in [0.1, 0.15) is 0 Å². The summed E-state index contributed by atoms with van der Waals surface area (Å²) < 4.78 is 0.328.